The third-order valence-electron chi connectivity index (χ3n) is 2.45. The number of benzene rings is 1. The van der Waals surface area contributed by atoms with Crippen LogP contribution in [0.1, 0.15) is 24.8 Å². The highest BCUT2D eigenvalue weighted by Crippen LogP contribution is 2.22. The van der Waals surface area contributed by atoms with E-state index in [-0.39, 0.29) is 29.8 Å². The van der Waals surface area contributed by atoms with E-state index in [2.05, 4.69) is 4.72 Å². The Balaban J connectivity index is 2.52. The van der Waals surface area contributed by atoms with Gasteiger partial charge in [0.2, 0.25) is 10.0 Å². The van der Waals surface area contributed by atoms with E-state index in [0.29, 0.717) is 0 Å². The van der Waals surface area contributed by atoms with Gasteiger partial charge < -0.3 is 0 Å². The third-order valence-corrected chi connectivity index (χ3v) is 3.91. The molecule has 0 radical (unpaired) electrons. The minimum absolute atomic E-state index is 0.0742. The molecule has 0 aliphatic heterocycles. The first-order chi connectivity index (χ1) is 9.24. The number of unbranched alkanes of at least 4 members (excludes halogenated alkanes) is 1. The van der Waals surface area contributed by atoms with Crippen LogP contribution in [0.4, 0.5) is 13.2 Å². The molecule has 8 heteroatoms. The van der Waals surface area contributed by atoms with Crippen molar-refractivity contribution in [2.24, 2.45) is 0 Å². The van der Waals surface area contributed by atoms with E-state index in [0.717, 1.165) is 0 Å². The maximum Gasteiger partial charge on any atom is 0.389 e. The number of hydrogen-bond donors (Lipinski definition) is 1. The van der Waals surface area contributed by atoms with Crippen LogP contribution < -0.4 is 4.72 Å². The van der Waals surface area contributed by atoms with E-state index in [1.165, 1.54) is 24.3 Å². The number of alkyl halides is 3. The first kappa shape index (κ1) is 16.5. The van der Waals surface area contributed by atoms with Crippen LogP contribution >= 0.6 is 0 Å². The molecule has 0 aliphatic carbocycles. The molecule has 0 atom stereocenters. The summed E-state index contributed by atoms with van der Waals surface area (Å²) in [6.45, 7) is -0.0742. The maximum absolute atomic E-state index is 11.9. The van der Waals surface area contributed by atoms with Crippen LogP contribution in [0.2, 0.25) is 0 Å². The molecule has 4 nitrogen and oxygen atoms in total. The summed E-state index contributed by atoms with van der Waals surface area (Å²) in [7, 11) is -3.79. The molecule has 0 aromatic heterocycles. The first-order valence-electron chi connectivity index (χ1n) is 5.81. The Kier molecular flexibility index (Phi) is 5.53. The summed E-state index contributed by atoms with van der Waals surface area (Å²) in [4.78, 5) is -0.0765. The second kappa shape index (κ2) is 6.72. The molecule has 0 unspecified atom stereocenters. The number of halogens is 3. The fourth-order valence-corrected chi connectivity index (χ4v) is 2.59. The maximum atomic E-state index is 11.9. The lowest BCUT2D eigenvalue weighted by molar-refractivity contribution is -0.135. The van der Waals surface area contributed by atoms with Crippen molar-refractivity contribution in [3.05, 3.63) is 29.8 Å². The van der Waals surface area contributed by atoms with E-state index in [4.69, 9.17) is 5.26 Å². The van der Waals surface area contributed by atoms with Crippen LogP contribution in [-0.2, 0) is 10.0 Å². The molecule has 20 heavy (non-hydrogen) atoms. The lowest BCUT2D eigenvalue weighted by Gasteiger charge is -2.08. The average Bonchev–Trinajstić information content (AvgIpc) is 2.37. The molecule has 0 heterocycles. The lowest BCUT2D eigenvalue weighted by atomic mass is 10.2. The van der Waals surface area contributed by atoms with Gasteiger partial charge in [-0.25, -0.2) is 13.1 Å². The van der Waals surface area contributed by atoms with Crippen LogP contribution in [0, 0.1) is 11.3 Å². The summed E-state index contributed by atoms with van der Waals surface area (Å²) in [5, 5.41) is 8.68. The van der Waals surface area contributed by atoms with Gasteiger partial charge in [-0.05, 0) is 31.0 Å². The first-order valence-corrected chi connectivity index (χ1v) is 7.29. The molecule has 0 saturated carbocycles. The van der Waals surface area contributed by atoms with Crippen molar-refractivity contribution in [1.82, 2.24) is 4.72 Å². The minimum Gasteiger partial charge on any atom is -0.211 e. The molecule has 1 rings (SSSR count). The van der Waals surface area contributed by atoms with Crippen molar-refractivity contribution in [2.75, 3.05) is 6.54 Å². The fourth-order valence-electron chi connectivity index (χ4n) is 1.47. The molecular formula is C12H13F3N2O2S. The number of hydrogen-bond acceptors (Lipinski definition) is 3. The van der Waals surface area contributed by atoms with Crippen molar-refractivity contribution >= 4 is 10.0 Å². The Morgan fingerprint density at radius 2 is 1.95 bits per heavy atom. The van der Waals surface area contributed by atoms with Crippen molar-refractivity contribution in [1.29, 1.82) is 5.26 Å². The van der Waals surface area contributed by atoms with Crippen LogP contribution in [0.5, 0.6) is 0 Å². The number of sulfonamides is 1. The zero-order chi connectivity index (χ0) is 15.2. The summed E-state index contributed by atoms with van der Waals surface area (Å²) in [6.07, 6.45) is -5.19. The van der Waals surface area contributed by atoms with Crippen molar-refractivity contribution in [2.45, 2.75) is 30.3 Å². The summed E-state index contributed by atoms with van der Waals surface area (Å²) < 4.78 is 61.5. The van der Waals surface area contributed by atoms with Crippen molar-refractivity contribution in [3.63, 3.8) is 0 Å². The van der Waals surface area contributed by atoms with E-state index in [9.17, 15) is 21.6 Å². The highest BCUT2D eigenvalue weighted by molar-refractivity contribution is 7.89. The van der Waals surface area contributed by atoms with Crippen LogP contribution in [-0.4, -0.2) is 21.1 Å². The summed E-state index contributed by atoms with van der Waals surface area (Å²) >= 11 is 0. The van der Waals surface area contributed by atoms with Gasteiger partial charge >= 0.3 is 6.18 Å². The van der Waals surface area contributed by atoms with Gasteiger partial charge in [0, 0.05) is 13.0 Å². The van der Waals surface area contributed by atoms with Gasteiger partial charge in [-0.2, -0.15) is 18.4 Å². The Hall–Kier alpha value is -1.59. The van der Waals surface area contributed by atoms with Crippen LogP contribution in [0.15, 0.2) is 29.2 Å². The Morgan fingerprint density at radius 1 is 1.25 bits per heavy atom. The molecule has 110 valence electrons. The summed E-state index contributed by atoms with van der Waals surface area (Å²) in [5.41, 5.74) is 0.199. The minimum atomic E-state index is -4.22. The van der Waals surface area contributed by atoms with Gasteiger partial charge in [-0.15, -0.1) is 0 Å². The van der Waals surface area contributed by atoms with Gasteiger partial charge in [0.1, 0.15) is 0 Å². The smallest absolute Gasteiger partial charge is 0.211 e. The molecule has 0 fully saturated rings. The highest BCUT2D eigenvalue weighted by atomic mass is 32.2. The van der Waals surface area contributed by atoms with Gasteiger partial charge in [0.15, 0.2) is 0 Å². The van der Waals surface area contributed by atoms with E-state index < -0.39 is 22.6 Å². The molecule has 0 bridgehead atoms. The Bertz CT molecular complexity index is 591. The molecule has 0 saturated heterocycles. The predicted molar refractivity (Wildman–Crippen MR) is 66.3 cm³/mol. The van der Waals surface area contributed by atoms with E-state index in [1.54, 1.807) is 0 Å². The predicted octanol–water partition coefficient (Wildman–Crippen LogP) is 2.57. The monoisotopic (exact) mass is 306 g/mol. The summed E-state index contributed by atoms with van der Waals surface area (Å²) in [6, 6.07) is 7.23. The zero-order valence-corrected chi connectivity index (χ0v) is 11.3. The molecule has 0 amide bonds. The SMILES string of the molecule is N#Cc1cccc(S(=O)(=O)NCCCCC(F)(F)F)c1. The molecule has 0 aliphatic rings. The standard InChI is InChI=1S/C12H13F3N2O2S/c13-12(14,15)6-1-2-7-17-20(18,19)11-5-3-4-10(8-11)9-16/h3-5,8,17H,1-2,6-7H2. The number of rotatable bonds is 6. The number of nitrogens with zero attached hydrogens (tertiary/aromatic N) is 1. The Labute approximate surface area is 115 Å². The lowest BCUT2D eigenvalue weighted by Crippen LogP contribution is -2.25. The Morgan fingerprint density at radius 3 is 2.55 bits per heavy atom. The number of nitrogens with one attached hydrogen (secondary N) is 1. The molecule has 1 aromatic rings. The second-order valence-corrected chi connectivity index (χ2v) is 5.88. The van der Waals surface area contributed by atoms with Gasteiger partial charge in [-0.3, -0.25) is 0 Å². The van der Waals surface area contributed by atoms with E-state index >= 15 is 0 Å². The molecular weight excluding hydrogens is 293 g/mol. The van der Waals surface area contributed by atoms with E-state index in [1.807, 2.05) is 6.07 Å². The highest BCUT2D eigenvalue weighted by Gasteiger charge is 2.25. The van der Waals surface area contributed by atoms with Crippen molar-refractivity contribution < 1.29 is 21.6 Å². The van der Waals surface area contributed by atoms with Crippen LogP contribution in [0.3, 0.4) is 0 Å². The summed E-state index contributed by atoms with van der Waals surface area (Å²) in [5.74, 6) is 0. The van der Waals surface area contributed by atoms with Gasteiger partial charge in [0.25, 0.3) is 0 Å². The average molecular weight is 306 g/mol. The van der Waals surface area contributed by atoms with Gasteiger partial charge in [0.05, 0.1) is 16.5 Å². The number of nitriles is 1. The normalized spacial score (nSPS) is 12.1. The molecule has 1 N–H and O–H groups in total. The molecule has 0 spiro atoms. The largest absolute Gasteiger partial charge is 0.389 e. The van der Waals surface area contributed by atoms with Crippen LogP contribution in [0.25, 0.3) is 0 Å². The molecule has 1 aromatic carbocycles. The van der Waals surface area contributed by atoms with Gasteiger partial charge in [-0.1, -0.05) is 6.07 Å². The third kappa shape index (κ3) is 5.59. The fraction of sp³-hybridized carbons (Fsp3) is 0.417. The quantitative estimate of drug-likeness (QED) is 0.821. The zero-order valence-electron chi connectivity index (χ0n) is 10.4. The second-order valence-electron chi connectivity index (χ2n) is 4.11. The topological polar surface area (TPSA) is 70.0 Å². The van der Waals surface area contributed by atoms with Crippen molar-refractivity contribution in [3.8, 4) is 6.07 Å².